The number of hydrogen-bond donors (Lipinski definition) is 8. The number of ether oxygens (including phenoxy) is 4. The van der Waals surface area contributed by atoms with E-state index in [2.05, 4.69) is 5.32 Å². The van der Waals surface area contributed by atoms with E-state index in [-0.39, 0.29) is 35.2 Å². The van der Waals surface area contributed by atoms with Crippen molar-refractivity contribution in [2.45, 2.75) is 55.1 Å². The van der Waals surface area contributed by atoms with E-state index in [4.69, 9.17) is 18.9 Å². The maximum absolute atomic E-state index is 13.1. The third-order valence-electron chi connectivity index (χ3n) is 6.25. The molecular weight excluding hydrogens is 446 g/mol. The average molecular weight is 469 g/mol. The first-order valence-corrected chi connectivity index (χ1v) is 10.2. The second-order valence-electron chi connectivity index (χ2n) is 8.22. The zero-order chi connectivity index (χ0) is 23.6. The number of fused-ring (bicyclic) bond motifs is 4. The number of carbonyl (C=O) groups is 1. The van der Waals surface area contributed by atoms with Gasteiger partial charge in [0.25, 0.3) is 5.91 Å². The van der Waals surface area contributed by atoms with Crippen molar-refractivity contribution in [2.24, 2.45) is 0 Å². The van der Waals surface area contributed by atoms with Crippen molar-refractivity contribution in [1.29, 1.82) is 0 Å². The molecule has 8 N–H and O–H groups in total. The summed E-state index contributed by atoms with van der Waals surface area (Å²) < 4.78 is 22.0. The standard InChI is InChI=1S/C20H23NO12/c22-3-9-13(25)15(27)16(28)20(32-9)33-18-10-5(2-8-17(18)31-4-30-8)6-1-7(23)12(24)14(26)11(6)21-19(10)29/h1-2,7,9,11-16,20,22-28H,3-4H2,(H,21,29)/t7-,9+,11+,12+,13+,14-,15-,16+,20+/m0/s1. The molecule has 0 saturated carbocycles. The molecule has 33 heavy (non-hydrogen) atoms. The normalized spacial score (nSPS) is 39.3. The van der Waals surface area contributed by atoms with Gasteiger partial charge in [0.15, 0.2) is 11.5 Å². The highest BCUT2D eigenvalue weighted by molar-refractivity contribution is 6.07. The van der Waals surface area contributed by atoms with Crippen molar-refractivity contribution in [3.63, 3.8) is 0 Å². The van der Waals surface area contributed by atoms with Crippen molar-refractivity contribution < 1.29 is 59.5 Å². The Bertz CT molecular complexity index is 996. The lowest BCUT2D eigenvalue weighted by molar-refractivity contribution is -0.277. The number of amides is 1. The molecule has 0 spiro atoms. The van der Waals surface area contributed by atoms with Gasteiger partial charge in [0.05, 0.1) is 18.2 Å². The molecule has 9 atom stereocenters. The Morgan fingerprint density at radius 1 is 1.00 bits per heavy atom. The molecule has 5 rings (SSSR count). The van der Waals surface area contributed by atoms with Gasteiger partial charge < -0.3 is 60.0 Å². The summed E-state index contributed by atoms with van der Waals surface area (Å²) in [6.45, 7) is -0.889. The molecule has 1 saturated heterocycles. The van der Waals surface area contributed by atoms with Gasteiger partial charge in [-0.05, 0) is 17.7 Å². The van der Waals surface area contributed by atoms with E-state index in [1.807, 2.05) is 0 Å². The summed E-state index contributed by atoms with van der Waals surface area (Å²) in [6, 6.07) is 0.441. The van der Waals surface area contributed by atoms with Crippen LogP contribution in [0, 0.1) is 0 Å². The van der Waals surface area contributed by atoms with Gasteiger partial charge in [-0.3, -0.25) is 4.79 Å². The minimum absolute atomic E-state index is 0.0110. The molecule has 180 valence electrons. The van der Waals surface area contributed by atoms with Crippen LogP contribution in [-0.4, -0.2) is 110 Å². The lowest BCUT2D eigenvalue weighted by Crippen LogP contribution is -2.60. The molecule has 4 aliphatic rings. The summed E-state index contributed by atoms with van der Waals surface area (Å²) in [5.41, 5.74) is 0.430. The van der Waals surface area contributed by atoms with Crippen LogP contribution in [0.1, 0.15) is 15.9 Å². The van der Waals surface area contributed by atoms with E-state index in [1.165, 1.54) is 12.1 Å². The molecule has 1 aromatic rings. The quantitative estimate of drug-likeness (QED) is 0.214. The van der Waals surface area contributed by atoms with Crippen molar-refractivity contribution in [3.05, 3.63) is 23.3 Å². The molecule has 1 aromatic carbocycles. The minimum Gasteiger partial charge on any atom is -0.457 e. The first-order valence-electron chi connectivity index (χ1n) is 10.2. The largest absolute Gasteiger partial charge is 0.457 e. The van der Waals surface area contributed by atoms with E-state index in [1.54, 1.807) is 0 Å². The van der Waals surface area contributed by atoms with Crippen LogP contribution in [0.25, 0.3) is 5.57 Å². The van der Waals surface area contributed by atoms with Crippen LogP contribution in [0.5, 0.6) is 17.2 Å². The van der Waals surface area contributed by atoms with Crippen LogP contribution in [0.3, 0.4) is 0 Å². The van der Waals surface area contributed by atoms with Crippen molar-refractivity contribution in [2.75, 3.05) is 13.4 Å². The molecule has 0 unspecified atom stereocenters. The van der Waals surface area contributed by atoms with Crippen LogP contribution in [-0.2, 0) is 4.74 Å². The number of carbonyl (C=O) groups excluding carboxylic acids is 1. The van der Waals surface area contributed by atoms with Gasteiger partial charge >= 0.3 is 0 Å². The van der Waals surface area contributed by atoms with Gasteiger partial charge in [-0.25, -0.2) is 0 Å². The average Bonchev–Trinajstić information content (AvgIpc) is 3.27. The molecule has 1 amide bonds. The Hall–Kier alpha value is -2.49. The van der Waals surface area contributed by atoms with E-state index in [0.717, 1.165) is 0 Å². The van der Waals surface area contributed by atoms with E-state index in [0.29, 0.717) is 5.57 Å². The Morgan fingerprint density at radius 2 is 1.76 bits per heavy atom. The van der Waals surface area contributed by atoms with Gasteiger partial charge in [-0.15, -0.1) is 0 Å². The third kappa shape index (κ3) is 3.36. The molecule has 0 radical (unpaired) electrons. The summed E-state index contributed by atoms with van der Waals surface area (Å²) in [7, 11) is 0. The predicted molar refractivity (Wildman–Crippen MR) is 104 cm³/mol. The van der Waals surface area contributed by atoms with Gasteiger partial charge in [-0.1, -0.05) is 0 Å². The number of aliphatic hydroxyl groups excluding tert-OH is 7. The fourth-order valence-corrected chi connectivity index (χ4v) is 4.46. The first kappa shape index (κ1) is 22.3. The molecule has 13 nitrogen and oxygen atoms in total. The fraction of sp³-hybridized carbons (Fsp3) is 0.550. The summed E-state index contributed by atoms with van der Waals surface area (Å²) in [5.74, 6) is -0.751. The topological polar surface area (TPSA) is 208 Å². The Kier molecular flexibility index (Phi) is 5.46. The smallest absolute Gasteiger partial charge is 0.256 e. The van der Waals surface area contributed by atoms with Crippen LogP contribution in [0.15, 0.2) is 12.1 Å². The van der Waals surface area contributed by atoms with E-state index < -0.39 is 67.6 Å². The zero-order valence-electron chi connectivity index (χ0n) is 16.9. The van der Waals surface area contributed by atoms with Crippen molar-refractivity contribution in [3.8, 4) is 17.2 Å². The molecule has 0 aromatic heterocycles. The molecule has 3 heterocycles. The molecule has 1 aliphatic carbocycles. The van der Waals surface area contributed by atoms with E-state index >= 15 is 0 Å². The van der Waals surface area contributed by atoms with Crippen LogP contribution < -0.4 is 19.5 Å². The first-order chi connectivity index (χ1) is 15.7. The number of benzene rings is 1. The number of rotatable bonds is 3. The van der Waals surface area contributed by atoms with Gasteiger partial charge in [0.2, 0.25) is 18.8 Å². The summed E-state index contributed by atoms with van der Waals surface area (Å²) >= 11 is 0. The number of nitrogens with one attached hydrogen (secondary N) is 1. The summed E-state index contributed by atoms with van der Waals surface area (Å²) in [4.78, 5) is 13.1. The van der Waals surface area contributed by atoms with Gasteiger partial charge in [0, 0.05) is 5.56 Å². The van der Waals surface area contributed by atoms with Crippen LogP contribution >= 0.6 is 0 Å². The maximum Gasteiger partial charge on any atom is 0.256 e. The molecule has 0 bridgehead atoms. The van der Waals surface area contributed by atoms with Crippen LogP contribution in [0.4, 0.5) is 0 Å². The van der Waals surface area contributed by atoms with Gasteiger partial charge in [-0.2, -0.15) is 0 Å². The Labute approximate surface area is 186 Å². The molecule has 1 fully saturated rings. The third-order valence-corrected chi connectivity index (χ3v) is 6.25. The zero-order valence-corrected chi connectivity index (χ0v) is 16.9. The fourth-order valence-electron chi connectivity index (χ4n) is 4.46. The number of aliphatic hydroxyl groups is 7. The minimum atomic E-state index is -1.75. The van der Waals surface area contributed by atoms with Gasteiger partial charge in [0.1, 0.15) is 42.7 Å². The predicted octanol–water partition coefficient (Wildman–Crippen LogP) is -3.81. The Balaban J connectivity index is 1.60. The highest BCUT2D eigenvalue weighted by Crippen LogP contribution is 2.50. The summed E-state index contributed by atoms with van der Waals surface area (Å²) in [6.07, 6.45) is -11.0. The Morgan fingerprint density at radius 3 is 2.48 bits per heavy atom. The number of hydrogen-bond acceptors (Lipinski definition) is 12. The summed E-state index contributed by atoms with van der Waals surface area (Å²) in [5, 5.41) is 72.9. The monoisotopic (exact) mass is 469 g/mol. The highest BCUT2D eigenvalue weighted by atomic mass is 16.7. The lowest BCUT2D eigenvalue weighted by Gasteiger charge is -2.41. The molecular formula is C20H23NO12. The highest BCUT2D eigenvalue weighted by Gasteiger charge is 2.48. The second-order valence-corrected chi connectivity index (χ2v) is 8.22. The van der Waals surface area contributed by atoms with Crippen molar-refractivity contribution >= 4 is 11.5 Å². The second kappa shape index (κ2) is 8.07. The molecule has 13 heteroatoms. The molecule has 3 aliphatic heterocycles. The van der Waals surface area contributed by atoms with Crippen LogP contribution in [0.2, 0.25) is 0 Å². The van der Waals surface area contributed by atoms with E-state index in [9.17, 15) is 40.5 Å². The maximum atomic E-state index is 13.1. The van der Waals surface area contributed by atoms with Crippen molar-refractivity contribution in [1.82, 2.24) is 5.32 Å². The SMILES string of the molecule is O=C1N[C@@H]2C(=C[C@H](O)[C@@H](O)[C@H]2O)c2cc3c(c(O[C@H]4O[C@H](CO)[C@@H](O)[C@H](O)[C@H]4O)c21)OCO3. The lowest BCUT2D eigenvalue weighted by atomic mass is 9.79.